The molecular weight excluding hydrogens is 201 g/mol. The second-order valence-corrected chi connectivity index (χ2v) is 4.06. The number of hydrogen-bond acceptors (Lipinski definition) is 3. The molecule has 6 heteroatoms. The summed E-state index contributed by atoms with van der Waals surface area (Å²) in [6.45, 7) is 1.50. The summed E-state index contributed by atoms with van der Waals surface area (Å²) in [5.74, 6) is -1.38. The number of alkyl halides is 1. The Balaban J connectivity index is 1.92. The van der Waals surface area contributed by atoms with Crippen molar-refractivity contribution in [2.75, 3.05) is 19.6 Å². The van der Waals surface area contributed by atoms with E-state index in [2.05, 4.69) is 5.32 Å². The Morgan fingerprint density at radius 3 is 2.47 bits per heavy atom. The molecule has 0 aliphatic carbocycles. The molecular formula is C9H14FN3O2. The molecule has 2 heterocycles. The first kappa shape index (κ1) is 10.4. The van der Waals surface area contributed by atoms with Gasteiger partial charge in [0.05, 0.1) is 0 Å². The average Bonchev–Trinajstić information content (AvgIpc) is 1.96. The Hall–Kier alpha value is -1.17. The number of amides is 2. The third-order valence-corrected chi connectivity index (χ3v) is 3.09. The van der Waals surface area contributed by atoms with Crippen molar-refractivity contribution < 1.29 is 14.0 Å². The van der Waals surface area contributed by atoms with Crippen LogP contribution in [0.2, 0.25) is 0 Å². The van der Waals surface area contributed by atoms with Gasteiger partial charge in [0.25, 0.3) is 5.91 Å². The van der Waals surface area contributed by atoms with Crippen LogP contribution in [-0.2, 0) is 9.59 Å². The molecule has 2 aliphatic rings. The summed E-state index contributed by atoms with van der Waals surface area (Å²) < 4.78 is 13.6. The van der Waals surface area contributed by atoms with Gasteiger partial charge in [-0.1, -0.05) is 0 Å². The lowest BCUT2D eigenvalue weighted by molar-refractivity contribution is -0.152. The van der Waals surface area contributed by atoms with E-state index in [1.165, 1.54) is 4.90 Å². The molecule has 5 nitrogen and oxygen atoms in total. The Morgan fingerprint density at radius 2 is 2.13 bits per heavy atom. The van der Waals surface area contributed by atoms with E-state index in [4.69, 9.17) is 5.73 Å². The van der Waals surface area contributed by atoms with Crippen LogP contribution < -0.4 is 11.1 Å². The molecule has 2 fully saturated rings. The van der Waals surface area contributed by atoms with Gasteiger partial charge in [0, 0.05) is 25.6 Å². The zero-order valence-corrected chi connectivity index (χ0v) is 8.28. The van der Waals surface area contributed by atoms with Crippen molar-refractivity contribution in [3.63, 3.8) is 0 Å². The van der Waals surface area contributed by atoms with E-state index in [1.807, 2.05) is 0 Å². The van der Waals surface area contributed by atoms with E-state index in [1.54, 1.807) is 0 Å². The van der Waals surface area contributed by atoms with Crippen molar-refractivity contribution in [2.24, 2.45) is 11.7 Å². The van der Waals surface area contributed by atoms with Crippen LogP contribution >= 0.6 is 0 Å². The molecule has 84 valence electrons. The van der Waals surface area contributed by atoms with Gasteiger partial charge in [-0.25, -0.2) is 4.39 Å². The van der Waals surface area contributed by atoms with Crippen molar-refractivity contribution in [2.45, 2.75) is 18.6 Å². The molecule has 0 bridgehead atoms. The van der Waals surface area contributed by atoms with Gasteiger partial charge in [-0.05, 0) is 6.42 Å². The van der Waals surface area contributed by atoms with Crippen molar-refractivity contribution in [3.05, 3.63) is 0 Å². The maximum Gasteiger partial charge on any atom is 0.258 e. The lowest BCUT2D eigenvalue weighted by Gasteiger charge is -2.41. The molecule has 2 saturated heterocycles. The Kier molecular flexibility index (Phi) is 2.60. The van der Waals surface area contributed by atoms with Crippen LogP contribution in [0.4, 0.5) is 4.39 Å². The number of nitrogens with one attached hydrogen (secondary N) is 1. The second-order valence-electron chi connectivity index (χ2n) is 4.06. The van der Waals surface area contributed by atoms with Crippen molar-refractivity contribution in [3.8, 4) is 0 Å². The molecule has 15 heavy (non-hydrogen) atoms. The Bertz CT molecular complexity index is 293. The smallest absolute Gasteiger partial charge is 0.258 e. The topological polar surface area (TPSA) is 75.4 Å². The molecule has 0 aromatic carbocycles. The Labute approximate surface area is 86.8 Å². The minimum Gasteiger partial charge on any atom is -0.368 e. The summed E-state index contributed by atoms with van der Waals surface area (Å²) in [6.07, 6.45) is -0.940. The SMILES string of the molecule is NC(=O)C1CCN1C(=O)C(F)C1CNC1. The number of carbonyl (C=O) groups excluding carboxylic acids is 2. The first-order valence-electron chi connectivity index (χ1n) is 5.06. The number of likely N-dealkylation sites (tertiary alicyclic amines) is 1. The molecule has 3 N–H and O–H groups in total. The van der Waals surface area contributed by atoms with Gasteiger partial charge < -0.3 is 16.0 Å². The normalized spacial score (nSPS) is 27.8. The van der Waals surface area contributed by atoms with E-state index in [-0.39, 0.29) is 5.92 Å². The lowest BCUT2D eigenvalue weighted by atomic mass is 9.93. The summed E-state index contributed by atoms with van der Waals surface area (Å²) in [4.78, 5) is 23.7. The first-order chi connectivity index (χ1) is 7.11. The van der Waals surface area contributed by atoms with Crippen LogP contribution in [0.3, 0.4) is 0 Å². The highest BCUT2D eigenvalue weighted by atomic mass is 19.1. The molecule has 0 spiro atoms. The van der Waals surface area contributed by atoms with Gasteiger partial charge in [-0.2, -0.15) is 0 Å². The molecule has 0 saturated carbocycles. The first-order valence-corrected chi connectivity index (χ1v) is 5.06. The molecule has 0 radical (unpaired) electrons. The van der Waals surface area contributed by atoms with Crippen LogP contribution in [0.1, 0.15) is 6.42 Å². The van der Waals surface area contributed by atoms with Crippen molar-refractivity contribution in [1.29, 1.82) is 0 Å². The second kappa shape index (κ2) is 3.77. The van der Waals surface area contributed by atoms with Crippen molar-refractivity contribution in [1.82, 2.24) is 10.2 Å². The maximum absolute atomic E-state index is 13.6. The van der Waals surface area contributed by atoms with Crippen molar-refractivity contribution >= 4 is 11.8 Å². The zero-order chi connectivity index (χ0) is 11.0. The van der Waals surface area contributed by atoms with Crippen LogP contribution in [0, 0.1) is 5.92 Å². The minimum atomic E-state index is -1.49. The fourth-order valence-corrected chi connectivity index (χ4v) is 1.82. The number of nitrogens with two attached hydrogens (primary N) is 1. The van der Waals surface area contributed by atoms with E-state index in [0.717, 1.165) is 0 Å². The molecule has 0 aromatic heterocycles. The van der Waals surface area contributed by atoms with Gasteiger partial charge >= 0.3 is 0 Å². The highest BCUT2D eigenvalue weighted by Crippen LogP contribution is 2.23. The summed E-state index contributed by atoms with van der Waals surface area (Å²) >= 11 is 0. The maximum atomic E-state index is 13.6. The molecule has 2 rings (SSSR count). The number of carbonyl (C=O) groups is 2. The van der Waals surface area contributed by atoms with Crippen LogP contribution in [-0.4, -0.2) is 48.6 Å². The zero-order valence-electron chi connectivity index (χ0n) is 8.28. The largest absolute Gasteiger partial charge is 0.368 e. The number of hydrogen-bond donors (Lipinski definition) is 2. The number of rotatable bonds is 3. The average molecular weight is 215 g/mol. The van der Waals surface area contributed by atoms with E-state index in [0.29, 0.717) is 26.1 Å². The monoisotopic (exact) mass is 215 g/mol. The number of nitrogens with zero attached hydrogens (tertiary/aromatic N) is 1. The van der Waals surface area contributed by atoms with Gasteiger partial charge in [0.1, 0.15) is 6.04 Å². The van der Waals surface area contributed by atoms with E-state index >= 15 is 0 Å². The van der Waals surface area contributed by atoms with Crippen LogP contribution in [0.25, 0.3) is 0 Å². The highest BCUT2D eigenvalue weighted by Gasteiger charge is 2.42. The fourth-order valence-electron chi connectivity index (χ4n) is 1.82. The molecule has 2 aliphatic heterocycles. The van der Waals surface area contributed by atoms with Gasteiger partial charge in [-0.15, -0.1) is 0 Å². The molecule has 2 amide bonds. The summed E-state index contributed by atoms with van der Waals surface area (Å²) in [7, 11) is 0. The van der Waals surface area contributed by atoms with E-state index < -0.39 is 24.0 Å². The third-order valence-electron chi connectivity index (χ3n) is 3.09. The third kappa shape index (κ3) is 1.69. The summed E-state index contributed by atoms with van der Waals surface area (Å²) in [5.41, 5.74) is 5.08. The minimum absolute atomic E-state index is 0.244. The number of primary amides is 1. The summed E-state index contributed by atoms with van der Waals surface area (Å²) in [5, 5.41) is 2.90. The molecule has 0 aromatic rings. The lowest BCUT2D eigenvalue weighted by Crippen LogP contribution is -2.61. The highest BCUT2D eigenvalue weighted by molar-refractivity contribution is 5.90. The van der Waals surface area contributed by atoms with Gasteiger partial charge in [-0.3, -0.25) is 9.59 Å². The standard InChI is InChI=1S/C9H14FN3O2/c10-7(5-3-12-4-5)9(15)13-2-1-6(13)8(11)14/h5-7,12H,1-4H2,(H2,11,14). The van der Waals surface area contributed by atoms with Gasteiger partial charge in [0.15, 0.2) is 6.17 Å². The predicted octanol–water partition coefficient (Wildman–Crippen LogP) is -1.37. The molecule has 2 atom stereocenters. The van der Waals surface area contributed by atoms with Crippen LogP contribution in [0.5, 0.6) is 0 Å². The van der Waals surface area contributed by atoms with Crippen LogP contribution in [0.15, 0.2) is 0 Å². The number of halogens is 1. The quantitative estimate of drug-likeness (QED) is 0.610. The van der Waals surface area contributed by atoms with E-state index in [9.17, 15) is 14.0 Å². The predicted molar refractivity (Wildman–Crippen MR) is 50.6 cm³/mol. The molecule has 2 unspecified atom stereocenters. The summed E-state index contributed by atoms with van der Waals surface area (Å²) in [6, 6.07) is -0.594. The fraction of sp³-hybridized carbons (Fsp3) is 0.778. The Morgan fingerprint density at radius 1 is 1.47 bits per heavy atom. The van der Waals surface area contributed by atoms with Gasteiger partial charge in [0.2, 0.25) is 5.91 Å².